The molecule has 0 aliphatic heterocycles. The van der Waals surface area contributed by atoms with E-state index in [9.17, 15) is 22.4 Å². The van der Waals surface area contributed by atoms with Gasteiger partial charge in [0.1, 0.15) is 5.02 Å². The second-order valence-corrected chi connectivity index (χ2v) is 3.28. The van der Waals surface area contributed by atoms with Gasteiger partial charge in [0.25, 0.3) is 5.24 Å². The summed E-state index contributed by atoms with van der Waals surface area (Å²) in [4.78, 5) is 10.6. The molecule has 88 valence electrons. The van der Waals surface area contributed by atoms with E-state index in [0.717, 1.165) is 6.07 Å². The van der Waals surface area contributed by atoms with Crippen molar-refractivity contribution in [1.29, 1.82) is 0 Å². The third-order valence-electron chi connectivity index (χ3n) is 1.48. The maximum Gasteiger partial charge on any atom is 0.573 e. The summed E-state index contributed by atoms with van der Waals surface area (Å²) < 4.78 is 52.1. The summed E-state index contributed by atoms with van der Waals surface area (Å²) >= 11 is 10.2. The molecule has 1 aromatic carbocycles. The molecule has 0 amide bonds. The first kappa shape index (κ1) is 13.1. The van der Waals surface area contributed by atoms with Crippen molar-refractivity contribution in [2.75, 3.05) is 0 Å². The Labute approximate surface area is 96.7 Å². The Morgan fingerprint density at radius 3 is 2.31 bits per heavy atom. The van der Waals surface area contributed by atoms with Crippen molar-refractivity contribution in [3.8, 4) is 5.75 Å². The molecule has 0 bridgehead atoms. The molecule has 0 fully saturated rings. The van der Waals surface area contributed by atoms with Crippen LogP contribution >= 0.6 is 23.2 Å². The van der Waals surface area contributed by atoms with Crippen LogP contribution in [0.1, 0.15) is 10.4 Å². The fourth-order valence-electron chi connectivity index (χ4n) is 0.887. The first-order valence-corrected chi connectivity index (χ1v) is 4.41. The summed E-state index contributed by atoms with van der Waals surface area (Å²) in [6, 6.07) is 1.45. The molecule has 16 heavy (non-hydrogen) atoms. The number of benzene rings is 1. The van der Waals surface area contributed by atoms with Crippen molar-refractivity contribution in [2.45, 2.75) is 6.36 Å². The monoisotopic (exact) mass is 276 g/mol. The summed E-state index contributed by atoms with van der Waals surface area (Å²) in [6.45, 7) is 0. The lowest BCUT2D eigenvalue weighted by Crippen LogP contribution is -2.17. The van der Waals surface area contributed by atoms with E-state index in [1.807, 2.05) is 0 Å². The third kappa shape index (κ3) is 2.99. The van der Waals surface area contributed by atoms with Gasteiger partial charge in [-0.25, -0.2) is 4.39 Å². The van der Waals surface area contributed by atoms with Crippen LogP contribution in [0.2, 0.25) is 5.02 Å². The van der Waals surface area contributed by atoms with E-state index >= 15 is 0 Å². The van der Waals surface area contributed by atoms with Crippen LogP contribution in [0.25, 0.3) is 0 Å². The van der Waals surface area contributed by atoms with Crippen LogP contribution in [0.15, 0.2) is 12.1 Å². The van der Waals surface area contributed by atoms with Gasteiger partial charge in [-0.15, -0.1) is 13.2 Å². The quantitative estimate of drug-likeness (QED) is 0.607. The standard InChI is InChI=1S/C8H2Cl2F4O2/c9-5-4(16-8(12,13)14)2-1-3(6(5)11)7(10)15/h1-2H. The molecular formula is C8H2Cl2F4O2. The van der Waals surface area contributed by atoms with Gasteiger partial charge >= 0.3 is 6.36 Å². The van der Waals surface area contributed by atoms with Gasteiger partial charge in [-0.2, -0.15) is 0 Å². The number of halogens is 6. The number of alkyl halides is 3. The zero-order chi connectivity index (χ0) is 12.5. The fourth-order valence-corrected chi connectivity index (χ4v) is 1.24. The van der Waals surface area contributed by atoms with E-state index in [1.54, 1.807) is 0 Å². The van der Waals surface area contributed by atoms with Gasteiger partial charge in [0.05, 0.1) is 5.56 Å². The second-order valence-electron chi connectivity index (χ2n) is 2.56. The summed E-state index contributed by atoms with van der Waals surface area (Å²) in [5.74, 6) is -2.29. The van der Waals surface area contributed by atoms with Crippen LogP contribution in [0.3, 0.4) is 0 Å². The molecule has 8 heteroatoms. The van der Waals surface area contributed by atoms with Gasteiger partial charge in [0, 0.05) is 0 Å². The van der Waals surface area contributed by atoms with Crippen LogP contribution in [0.4, 0.5) is 17.6 Å². The molecule has 1 rings (SSSR count). The number of ether oxygens (including phenoxy) is 1. The molecule has 1 aromatic rings. The molecular weight excluding hydrogens is 275 g/mol. The largest absolute Gasteiger partial charge is 0.573 e. The Morgan fingerprint density at radius 1 is 1.31 bits per heavy atom. The van der Waals surface area contributed by atoms with E-state index in [-0.39, 0.29) is 0 Å². The summed E-state index contributed by atoms with van der Waals surface area (Å²) in [6.07, 6.45) is -5.00. The smallest absolute Gasteiger partial charge is 0.404 e. The van der Waals surface area contributed by atoms with Crippen molar-refractivity contribution in [2.24, 2.45) is 0 Å². The third-order valence-corrected chi connectivity index (χ3v) is 2.04. The van der Waals surface area contributed by atoms with Crippen molar-refractivity contribution < 1.29 is 27.1 Å². The molecule has 0 aliphatic carbocycles. The lowest BCUT2D eigenvalue weighted by molar-refractivity contribution is -0.274. The normalized spacial score (nSPS) is 11.4. The molecule has 0 radical (unpaired) electrons. The highest BCUT2D eigenvalue weighted by Crippen LogP contribution is 2.33. The molecule has 0 spiro atoms. The molecule has 0 aliphatic rings. The maximum atomic E-state index is 13.2. The maximum absolute atomic E-state index is 13.2. The molecule has 2 nitrogen and oxygen atoms in total. The van der Waals surface area contributed by atoms with Gasteiger partial charge in [-0.1, -0.05) is 11.6 Å². The molecule has 0 unspecified atom stereocenters. The minimum absolute atomic E-state index is 0.624. The zero-order valence-corrected chi connectivity index (χ0v) is 8.75. The van der Waals surface area contributed by atoms with Gasteiger partial charge < -0.3 is 4.74 Å². The molecule has 0 heterocycles. The Kier molecular flexibility index (Phi) is 3.64. The van der Waals surface area contributed by atoms with E-state index in [2.05, 4.69) is 4.74 Å². The van der Waals surface area contributed by atoms with E-state index < -0.39 is 33.8 Å². The van der Waals surface area contributed by atoms with Gasteiger partial charge in [-0.3, -0.25) is 4.79 Å². The number of rotatable bonds is 2. The van der Waals surface area contributed by atoms with Crippen LogP contribution in [0.5, 0.6) is 5.75 Å². The van der Waals surface area contributed by atoms with E-state index in [4.69, 9.17) is 23.2 Å². The first-order valence-electron chi connectivity index (χ1n) is 3.66. The Morgan fingerprint density at radius 2 is 1.88 bits per heavy atom. The summed E-state index contributed by atoms with van der Waals surface area (Å²) in [5.41, 5.74) is -0.624. The van der Waals surface area contributed by atoms with E-state index in [0.29, 0.717) is 6.07 Å². The Bertz CT molecular complexity index is 431. The topological polar surface area (TPSA) is 26.3 Å². The van der Waals surface area contributed by atoms with E-state index in [1.165, 1.54) is 0 Å². The number of hydrogen-bond donors (Lipinski definition) is 0. The highest BCUT2D eigenvalue weighted by molar-refractivity contribution is 6.67. The molecule has 0 saturated heterocycles. The Balaban J connectivity index is 3.17. The Hall–Kier alpha value is -1.01. The molecule has 0 saturated carbocycles. The zero-order valence-electron chi connectivity index (χ0n) is 7.24. The van der Waals surface area contributed by atoms with Gasteiger partial charge in [0.2, 0.25) is 0 Å². The van der Waals surface area contributed by atoms with Crippen molar-refractivity contribution in [1.82, 2.24) is 0 Å². The van der Waals surface area contributed by atoms with Gasteiger partial charge in [0.15, 0.2) is 11.6 Å². The molecule has 0 N–H and O–H groups in total. The predicted octanol–water partition coefficient (Wildman–Crippen LogP) is 3.76. The van der Waals surface area contributed by atoms with Crippen LogP contribution in [-0.4, -0.2) is 11.6 Å². The second kappa shape index (κ2) is 4.47. The highest BCUT2D eigenvalue weighted by Gasteiger charge is 2.33. The highest BCUT2D eigenvalue weighted by atomic mass is 35.5. The van der Waals surface area contributed by atoms with Crippen molar-refractivity contribution in [3.63, 3.8) is 0 Å². The van der Waals surface area contributed by atoms with Crippen LogP contribution in [-0.2, 0) is 0 Å². The molecule has 0 atom stereocenters. The van der Waals surface area contributed by atoms with Crippen LogP contribution in [0, 0.1) is 5.82 Å². The SMILES string of the molecule is O=C(Cl)c1ccc(OC(F)(F)F)c(Cl)c1F. The fraction of sp³-hybridized carbons (Fsp3) is 0.125. The van der Waals surface area contributed by atoms with Gasteiger partial charge in [-0.05, 0) is 23.7 Å². The summed E-state index contributed by atoms with van der Waals surface area (Å²) in [5, 5.41) is -2.12. The minimum atomic E-state index is -5.00. The number of hydrogen-bond acceptors (Lipinski definition) is 2. The number of carbonyl (C=O) groups is 1. The van der Waals surface area contributed by atoms with Crippen LogP contribution < -0.4 is 4.74 Å². The first-order chi connectivity index (χ1) is 7.22. The minimum Gasteiger partial charge on any atom is -0.404 e. The average Bonchev–Trinajstić information content (AvgIpc) is 2.10. The number of carbonyl (C=O) groups excluding carboxylic acids is 1. The van der Waals surface area contributed by atoms with Crippen molar-refractivity contribution >= 4 is 28.4 Å². The average molecular weight is 277 g/mol. The molecule has 0 aromatic heterocycles. The predicted molar refractivity (Wildman–Crippen MR) is 48.3 cm³/mol. The summed E-state index contributed by atoms with van der Waals surface area (Å²) in [7, 11) is 0. The lowest BCUT2D eigenvalue weighted by atomic mass is 10.2. The lowest BCUT2D eigenvalue weighted by Gasteiger charge is -2.11. The van der Waals surface area contributed by atoms with Crippen molar-refractivity contribution in [3.05, 3.63) is 28.5 Å².